The number of nitrogens with zero attached hydrogens (tertiary/aromatic N) is 3. The molecular formula is C13H6BrF3N4OS. The summed E-state index contributed by atoms with van der Waals surface area (Å²) < 4.78 is 38.9. The average molecular weight is 403 g/mol. The van der Waals surface area contributed by atoms with Gasteiger partial charge < -0.3 is 0 Å². The normalized spacial score (nSPS) is 19.8. The van der Waals surface area contributed by atoms with Gasteiger partial charge in [-0.15, -0.1) is 0 Å². The molecule has 0 fully saturated rings. The van der Waals surface area contributed by atoms with Gasteiger partial charge in [-0.05, 0) is 35.5 Å². The van der Waals surface area contributed by atoms with Crippen LogP contribution in [-0.4, -0.2) is 33.1 Å². The van der Waals surface area contributed by atoms with E-state index in [1.807, 2.05) is 0 Å². The summed E-state index contributed by atoms with van der Waals surface area (Å²) in [5.41, 5.74) is 0.496. The first-order chi connectivity index (χ1) is 10.8. The van der Waals surface area contributed by atoms with Crippen LogP contribution in [0.2, 0.25) is 0 Å². The number of nitrogens with one attached hydrogen (secondary N) is 1. The highest BCUT2D eigenvalue weighted by Crippen LogP contribution is 2.35. The van der Waals surface area contributed by atoms with Crippen LogP contribution in [0.1, 0.15) is 5.56 Å². The maximum absolute atomic E-state index is 12.7. The molecule has 0 saturated carbocycles. The number of aliphatic imine (C=N–C) groups is 1. The number of carbonyl (C=O) groups excluding carboxylic acids is 1. The lowest BCUT2D eigenvalue weighted by atomic mass is 10.1. The Morgan fingerprint density at radius 1 is 1.26 bits per heavy atom. The quantitative estimate of drug-likeness (QED) is 0.729. The van der Waals surface area contributed by atoms with Gasteiger partial charge in [-0.3, -0.25) is 10.2 Å². The molecule has 0 spiro atoms. The number of carbonyl (C=O) groups is 1. The van der Waals surface area contributed by atoms with Gasteiger partial charge in [-0.1, -0.05) is 28.1 Å². The van der Waals surface area contributed by atoms with Crippen molar-refractivity contribution in [1.82, 2.24) is 5.01 Å². The zero-order valence-electron chi connectivity index (χ0n) is 11.1. The number of rotatable bonds is 1. The molecule has 23 heavy (non-hydrogen) atoms. The average Bonchev–Trinajstić information content (AvgIpc) is 2.89. The molecule has 118 valence electrons. The zero-order chi connectivity index (χ0) is 16.8. The molecule has 1 amide bonds. The predicted octanol–water partition coefficient (Wildman–Crippen LogP) is 3.63. The number of amidine groups is 2. The highest BCUT2D eigenvalue weighted by atomic mass is 79.9. The van der Waals surface area contributed by atoms with E-state index in [1.165, 1.54) is 6.08 Å². The molecule has 0 aliphatic carbocycles. The van der Waals surface area contributed by atoms with E-state index < -0.39 is 23.0 Å². The lowest BCUT2D eigenvalue weighted by Crippen LogP contribution is -2.35. The van der Waals surface area contributed by atoms with E-state index in [0.29, 0.717) is 5.56 Å². The third kappa shape index (κ3) is 3.08. The van der Waals surface area contributed by atoms with Crippen molar-refractivity contribution in [2.45, 2.75) is 6.18 Å². The summed E-state index contributed by atoms with van der Waals surface area (Å²) in [5, 5.41) is 10.6. The van der Waals surface area contributed by atoms with Crippen LogP contribution < -0.4 is 0 Å². The van der Waals surface area contributed by atoms with Crippen molar-refractivity contribution in [2.24, 2.45) is 10.1 Å². The fraction of sp³-hybridized carbons (Fsp3) is 0.0769. The Hall–Kier alpha value is -1.94. The molecule has 0 bridgehead atoms. The SMILES string of the molecule is N=C1C(=Cc2ccc(Br)cc2)C(=O)N=C2SC(C(F)(F)F)=NN12. The standard InChI is InChI=1S/C13H6BrF3N4OS/c14-7-3-1-6(2-4-7)5-8-9(18)21-12(19-10(8)22)23-11(20-21)13(15,16)17/h1-5,18H. The minimum atomic E-state index is -4.65. The maximum atomic E-state index is 12.7. The van der Waals surface area contributed by atoms with Gasteiger partial charge in [0.25, 0.3) is 5.91 Å². The van der Waals surface area contributed by atoms with Gasteiger partial charge in [0.2, 0.25) is 10.2 Å². The molecule has 2 aliphatic rings. The highest BCUT2D eigenvalue weighted by Gasteiger charge is 2.46. The second-order valence-corrected chi connectivity index (χ2v) is 6.35. The van der Waals surface area contributed by atoms with Gasteiger partial charge in [0, 0.05) is 4.47 Å². The molecule has 0 atom stereocenters. The minimum absolute atomic E-state index is 0.121. The number of thioether (sulfide) groups is 1. The monoisotopic (exact) mass is 402 g/mol. The Kier molecular flexibility index (Phi) is 3.88. The van der Waals surface area contributed by atoms with Crippen molar-refractivity contribution >= 4 is 55.7 Å². The first-order valence-electron chi connectivity index (χ1n) is 6.09. The number of alkyl halides is 3. The fourth-order valence-corrected chi connectivity index (χ4v) is 2.85. The van der Waals surface area contributed by atoms with Crippen molar-refractivity contribution in [1.29, 1.82) is 5.41 Å². The van der Waals surface area contributed by atoms with Crippen LogP contribution >= 0.6 is 27.7 Å². The van der Waals surface area contributed by atoms with E-state index in [1.54, 1.807) is 24.3 Å². The first kappa shape index (κ1) is 15.9. The summed E-state index contributed by atoms with van der Waals surface area (Å²) in [6.45, 7) is 0. The number of hydrogen-bond donors (Lipinski definition) is 1. The second-order valence-electron chi connectivity index (χ2n) is 4.47. The molecule has 2 heterocycles. The molecular weight excluding hydrogens is 397 g/mol. The molecule has 1 aromatic rings. The van der Waals surface area contributed by atoms with Crippen molar-refractivity contribution in [3.05, 3.63) is 39.9 Å². The molecule has 1 N–H and O–H groups in total. The smallest absolute Gasteiger partial charge is 0.282 e. The Labute approximate surface area is 140 Å². The Balaban J connectivity index is 1.97. The van der Waals surface area contributed by atoms with Gasteiger partial charge >= 0.3 is 6.18 Å². The van der Waals surface area contributed by atoms with Gasteiger partial charge in [-0.2, -0.15) is 28.3 Å². The highest BCUT2D eigenvalue weighted by molar-refractivity contribution is 9.10. The summed E-state index contributed by atoms with van der Waals surface area (Å²) in [6.07, 6.45) is -3.26. The molecule has 2 aliphatic heterocycles. The van der Waals surface area contributed by atoms with Crippen LogP contribution in [0.3, 0.4) is 0 Å². The van der Waals surface area contributed by atoms with Crippen LogP contribution in [0, 0.1) is 5.41 Å². The van der Waals surface area contributed by atoms with Gasteiger partial charge in [0.1, 0.15) is 0 Å². The summed E-state index contributed by atoms with van der Waals surface area (Å²) in [5.74, 6) is -1.20. The van der Waals surface area contributed by atoms with Gasteiger partial charge in [-0.25, -0.2) is 0 Å². The Bertz CT molecular complexity index is 798. The number of fused-ring (bicyclic) bond motifs is 1. The number of amides is 1. The van der Waals surface area contributed by atoms with Crippen LogP contribution in [-0.2, 0) is 4.79 Å². The van der Waals surface area contributed by atoms with Crippen LogP contribution in [0.4, 0.5) is 13.2 Å². The van der Waals surface area contributed by atoms with E-state index in [-0.39, 0.29) is 22.5 Å². The molecule has 3 rings (SSSR count). The molecule has 0 radical (unpaired) electrons. The van der Waals surface area contributed by atoms with Crippen LogP contribution in [0.15, 0.2) is 44.4 Å². The van der Waals surface area contributed by atoms with E-state index in [0.717, 1.165) is 9.48 Å². The number of hydrazone groups is 1. The fourth-order valence-electron chi connectivity index (χ4n) is 1.83. The molecule has 0 unspecified atom stereocenters. The van der Waals surface area contributed by atoms with Gasteiger partial charge in [0.05, 0.1) is 5.57 Å². The third-order valence-corrected chi connectivity index (χ3v) is 4.36. The summed E-state index contributed by atoms with van der Waals surface area (Å²) in [7, 11) is 0. The Morgan fingerprint density at radius 3 is 2.52 bits per heavy atom. The first-order valence-corrected chi connectivity index (χ1v) is 7.69. The van der Waals surface area contributed by atoms with E-state index in [2.05, 4.69) is 26.0 Å². The summed E-state index contributed by atoms with van der Waals surface area (Å²) in [6, 6.07) is 6.87. The topological polar surface area (TPSA) is 68.9 Å². The van der Waals surface area contributed by atoms with Crippen LogP contribution in [0.5, 0.6) is 0 Å². The summed E-state index contributed by atoms with van der Waals surface area (Å²) in [4.78, 5) is 15.6. The lowest BCUT2D eigenvalue weighted by Gasteiger charge is -2.20. The molecule has 1 aromatic carbocycles. The predicted molar refractivity (Wildman–Crippen MR) is 85.2 cm³/mol. The second kappa shape index (κ2) is 5.60. The maximum Gasteiger partial charge on any atom is 0.441 e. The molecule has 10 heteroatoms. The number of benzene rings is 1. The molecule has 0 saturated heterocycles. The van der Waals surface area contributed by atoms with Crippen molar-refractivity contribution in [3.8, 4) is 0 Å². The van der Waals surface area contributed by atoms with E-state index in [4.69, 9.17) is 5.41 Å². The third-order valence-electron chi connectivity index (χ3n) is 2.88. The van der Waals surface area contributed by atoms with Crippen molar-refractivity contribution < 1.29 is 18.0 Å². The van der Waals surface area contributed by atoms with Crippen LogP contribution in [0.25, 0.3) is 6.08 Å². The minimum Gasteiger partial charge on any atom is -0.282 e. The molecule has 5 nitrogen and oxygen atoms in total. The molecule has 0 aromatic heterocycles. The van der Waals surface area contributed by atoms with E-state index in [9.17, 15) is 18.0 Å². The number of hydrogen-bond acceptors (Lipinski definition) is 4. The Morgan fingerprint density at radius 2 is 1.91 bits per heavy atom. The largest absolute Gasteiger partial charge is 0.441 e. The van der Waals surface area contributed by atoms with Crippen molar-refractivity contribution in [3.63, 3.8) is 0 Å². The van der Waals surface area contributed by atoms with Crippen molar-refractivity contribution in [2.75, 3.05) is 0 Å². The summed E-state index contributed by atoms with van der Waals surface area (Å²) >= 11 is 3.49. The van der Waals surface area contributed by atoms with E-state index >= 15 is 0 Å². The lowest BCUT2D eigenvalue weighted by molar-refractivity contribution is -0.114. The zero-order valence-corrected chi connectivity index (χ0v) is 13.5. The van der Waals surface area contributed by atoms with Gasteiger partial charge in [0.15, 0.2) is 5.84 Å². The number of halogens is 4.